The minimum Gasteiger partial charge on any atom is -0.468 e. The summed E-state index contributed by atoms with van der Waals surface area (Å²) in [7, 11) is 0. The lowest BCUT2D eigenvalue weighted by Crippen LogP contribution is -2.37. The van der Waals surface area contributed by atoms with Crippen molar-refractivity contribution < 1.29 is 23.0 Å². The van der Waals surface area contributed by atoms with Crippen LogP contribution in [0.1, 0.15) is 52.2 Å². The highest BCUT2D eigenvalue weighted by Crippen LogP contribution is 2.41. The van der Waals surface area contributed by atoms with Gasteiger partial charge in [-0.25, -0.2) is 14.2 Å². The summed E-state index contributed by atoms with van der Waals surface area (Å²) in [6, 6.07) is 5.87. The highest BCUT2D eigenvalue weighted by molar-refractivity contribution is 5.68. The first-order valence-electron chi connectivity index (χ1n) is 11.2. The minimum atomic E-state index is -0.654. The van der Waals surface area contributed by atoms with Crippen molar-refractivity contribution >= 4 is 12.0 Å². The summed E-state index contributed by atoms with van der Waals surface area (Å²) in [6.07, 6.45) is 2.07. The van der Waals surface area contributed by atoms with Crippen molar-refractivity contribution in [3.63, 3.8) is 0 Å². The molecule has 2 saturated heterocycles. The predicted molar refractivity (Wildman–Crippen MR) is 119 cm³/mol. The standard InChI is InChI=1S/C24H30F2N4O3/c1-16(17-5-7-18(25)8-6-17)32-20-19(26)13-27-21(28-20)29-11-9-24(14-29)10-12-30(15-24)22(31)33-23(2,3)4/h5-8,13,16H,9-12,14-15H2,1-4H3/t16-,24?/m1/s1. The van der Waals surface area contributed by atoms with Gasteiger partial charge in [-0.3, -0.25) is 0 Å². The molecule has 3 heterocycles. The topological polar surface area (TPSA) is 67.8 Å². The molecule has 178 valence electrons. The summed E-state index contributed by atoms with van der Waals surface area (Å²) >= 11 is 0. The molecule has 9 heteroatoms. The molecule has 4 rings (SSSR count). The van der Waals surface area contributed by atoms with Crippen LogP contribution in [0.25, 0.3) is 0 Å². The van der Waals surface area contributed by atoms with Crippen LogP contribution in [0.3, 0.4) is 0 Å². The number of rotatable bonds is 4. The summed E-state index contributed by atoms with van der Waals surface area (Å²) in [5.41, 5.74) is 0.124. The van der Waals surface area contributed by atoms with Gasteiger partial charge < -0.3 is 19.3 Å². The van der Waals surface area contributed by atoms with E-state index in [4.69, 9.17) is 9.47 Å². The molecular weight excluding hydrogens is 430 g/mol. The van der Waals surface area contributed by atoms with Gasteiger partial charge in [-0.2, -0.15) is 9.37 Å². The second kappa shape index (κ2) is 8.76. The zero-order valence-corrected chi connectivity index (χ0v) is 19.5. The number of benzene rings is 1. The average Bonchev–Trinajstić information content (AvgIpc) is 3.36. The summed E-state index contributed by atoms with van der Waals surface area (Å²) in [6.45, 7) is 9.97. The zero-order chi connectivity index (χ0) is 23.8. The molecule has 0 saturated carbocycles. The molecule has 1 unspecified atom stereocenters. The van der Waals surface area contributed by atoms with Crippen LogP contribution in [0.5, 0.6) is 5.88 Å². The molecule has 2 atom stereocenters. The highest BCUT2D eigenvalue weighted by Gasteiger charge is 2.46. The second-order valence-corrected chi connectivity index (χ2v) is 9.96. The Bertz CT molecular complexity index is 1010. The number of nitrogens with zero attached hydrogens (tertiary/aromatic N) is 4. The molecule has 0 radical (unpaired) electrons. The minimum absolute atomic E-state index is 0.0585. The number of anilines is 1. The maximum atomic E-state index is 14.4. The summed E-state index contributed by atoms with van der Waals surface area (Å²) < 4.78 is 38.8. The Morgan fingerprint density at radius 2 is 1.82 bits per heavy atom. The van der Waals surface area contributed by atoms with E-state index in [1.165, 1.54) is 12.1 Å². The third kappa shape index (κ3) is 5.34. The number of halogens is 2. The largest absolute Gasteiger partial charge is 0.468 e. The number of carbonyl (C=O) groups excluding carboxylic acids is 1. The van der Waals surface area contributed by atoms with Gasteiger partial charge in [-0.15, -0.1) is 0 Å². The van der Waals surface area contributed by atoms with Gasteiger partial charge in [-0.05, 0) is 58.2 Å². The second-order valence-electron chi connectivity index (χ2n) is 9.96. The first kappa shape index (κ1) is 23.2. The van der Waals surface area contributed by atoms with Gasteiger partial charge in [0.2, 0.25) is 11.8 Å². The maximum Gasteiger partial charge on any atom is 0.410 e. The molecule has 2 aliphatic rings. The molecule has 1 aromatic carbocycles. The fraction of sp³-hybridized carbons (Fsp3) is 0.542. The van der Waals surface area contributed by atoms with E-state index in [2.05, 4.69) is 9.97 Å². The molecule has 1 aromatic heterocycles. The van der Waals surface area contributed by atoms with Crippen molar-refractivity contribution in [3.8, 4) is 5.88 Å². The average molecular weight is 461 g/mol. The van der Waals surface area contributed by atoms with Crippen LogP contribution in [0.4, 0.5) is 19.5 Å². The van der Waals surface area contributed by atoms with Crippen LogP contribution < -0.4 is 9.64 Å². The highest BCUT2D eigenvalue weighted by atomic mass is 19.1. The fourth-order valence-corrected chi connectivity index (χ4v) is 4.40. The van der Waals surface area contributed by atoms with E-state index in [0.29, 0.717) is 37.7 Å². The van der Waals surface area contributed by atoms with Gasteiger partial charge in [0.05, 0.1) is 6.20 Å². The molecule has 2 fully saturated rings. The lowest BCUT2D eigenvalue weighted by Gasteiger charge is -2.27. The monoisotopic (exact) mass is 460 g/mol. The molecule has 7 nitrogen and oxygen atoms in total. The van der Waals surface area contributed by atoms with E-state index >= 15 is 0 Å². The summed E-state index contributed by atoms with van der Waals surface area (Å²) in [5, 5.41) is 0. The van der Waals surface area contributed by atoms with Gasteiger partial charge in [-0.1, -0.05) is 12.1 Å². The van der Waals surface area contributed by atoms with E-state index in [1.807, 2.05) is 25.7 Å². The van der Waals surface area contributed by atoms with E-state index in [9.17, 15) is 13.6 Å². The lowest BCUT2D eigenvalue weighted by atomic mass is 9.86. The van der Waals surface area contributed by atoms with Crippen LogP contribution in [0, 0.1) is 17.0 Å². The Hall–Kier alpha value is -2.97. The van der Waals surface area contributed by atoms with Crippen LogP contribution in [0.15, 0.2) is 30.5 Å². The van der Waals surface area contributed by atoms with Gasteiger partial charge in [0.25, 0.3) is 5.88 Å². The Labute approximate surface area is 192 Å². The van der Waals surface area contributed by atoms with Crippen LogP contribution >= 0.6 is 0 Å². The van der Waals surface area contributed by atoms with Crippen molar-refractivity contribution in [2.45, 2.75) is 52.2 Å². The molecule has 0 N–H and O–H groups in total. The van der Waals surface area contributed by atoms with Crippen LogP contribution in [-0.4, -0.2) is 52.7 Å². The molecule has 1 spiro atoms. The molecule has 1 amide bonds. The van der Waals surface area contributed by atoms with Crippen molar-refractivity contribution in [3.05, 3.63) is 47.7 Å². The summed E-state index contributed by atoms with van der Waals surface area (Å²) in [5.74, 6) is -0.745. The number of likely N-dealkylation sites (tertiary alicyclic amines) is 1. The van der Waals surface area contributed by atoms with Gasteiger partial charge in [0.1, 0.15) is 17.5 Å². The zero-order valence-electron chi connectivity index (χ0n) is 19.5. The number of ether oxygens (including phenoxy) is 2. The van der Waals surface area contributed by atoms with Crippen molar-refractivity contribution in [2.24, 2.45) is 5.41 Å². The number of amides is 1. The van der Waals surface area contributed by atoms with Crippen molar-refractivity contribution in [1.82, 2.24) is 14.9 Å². The first-order valence-corrected chi connectivity index (χ1v) is 11.2. The third-order valence-corrected chi connectivity index (χ3v) is 6.14. The Morgan fingerprint density at radius 1 is 1.12 bits per heavy atom. The Balaban J connectivity index is 1.42. The number of hydrogen-bond donors (Lipinski definition) is 0. The lowest BCUT2D eigenvalue weighted by molar-refractivity contribution is 0.0276. The van der Waals surface area contributed by atoms with Gasteiger partial charge >= 0.3 is 6.09 Å². The predicted octanol–water partition coefficient (Wildman–Crippen LogP) is 4.73. The van der Waals surface area contributed by atoms with Crippen LogP contribution in [0.2, 0.25) is 0 Å². The number of hydrogen-bond acceptors (Lipinski definition) is 6. The quantitative estimate of drug-likeness (QED) is 0.657. The first-order chi connectivity index (χ1) is 15.5. The fourth-order valence-electron chi connectivity index (χ4n) is 4.40. The van der Waals surface area contributed by atoms with Gasteiger partial charge in [0, 0.05) is 31.6 Å². The van der Waals surface area contributed by atoms with Crippen molar-refractivity contribution in [2.75, 3.05) is 31.1 Å². The van der Waals surface area contributed by atoms with E-state index < -0.39 is 17.5 Å². The van der Waals surface area contributed by atoms with E-state index in [1.54, 1.807) is 24.0 Å². The Morgan fingerprint density at radius 3 is 2.52 bits per heavy atom. The van der Waals surface area contributed by atoms with E-state index in [0.717, 1.165) is 19.0 Å². The number of carbonyl (C=O) groups is 1. The van der Waals surface area contributed by atoms with Crippen molar-refractivity contribution in [1.29, 1.82) is 0 Å². The Kier molecular flexibility index (Phi) is 6.16. The number of aromatic nitrogens is 2. The molecule has 33 heavy (non-hydrogen) atoms. The molecular formula is C24H30F2N4O3. The molecule has 0 aliphatic carbocycles. The third-order valence-electron chi connectivity index (χ3n) is 6.14. The molecule has 2 aliphatic heterocycles. The molecule has 2 aromatic rings. The smallest absolute Gasteiger partial charge is 0.410 e. The molecule has 0 bridgehead atoms. The maximum absolute atomic E-state index is 14.4. The SMILES string of the molecule is C[C@@H](Oc1nc(N2CCC3(CCN(C(=O)OC(C)(C)C)C3)C2)ncc1F)c1ccc(F)cc1. The normalized spacial score (nSPS) is 21.5. The summed E-state index contributed by atoms with van der Waals surface area (Å²) in [4.78, 5) is 24.7. The van der Waals surface area contributed by atoms with Gasteiger partial charge in [0.15, 0.2) is 0 Å². The van der Waals surface area contributed by atoms with E-state index in [-0.39, 0.29) is 23.2 Å². The van der Waals surface area contributed by atoms with Crippen LogP contribution in [-0.2, 0) is 4.74 Å².